The van der Waals surface area contributed by atoms with Crippen LogP contribution in [0.1, 0.15) is 71.6 Å². The molecule has 1 spiro atoms. The Balaban J connectivity index is 1.77. The highest BCUT2D eigenvalue weighted by Crippen LogP contribution is 2.42. The summed E-state index contributed by atoms with van der Waals surface area (Å²) >= 11 is 0. The molecule has 0 radical (unpaired) electrons. The molecule has 2 aliphatic rings. The van der Waals surface area contributed by atoms with Crippen LogP contribution in [0.15, 0.2) is 0 Å². The average molecular weight is 239 g/mol. The third-order valence-corrected chi connectivity index (χ3v) is 4.44. The van der Waals surface area contributed by atoms with Crippen molar-refractivity contribution in [1.29, 1.82) is 0 Å². The van der Waals surface area contributed by atoms with E-state index in [-0.39, 0.29) is 5.60 Å². The number of ether oxygens (including phenoxy) is 1. The predicted molar refractivity (Wildman–Crippen MR) is 72.0 cm³/mol. The summed E-state index contributed by atoms with van der Waals surface area (Å²) in [5.74, 6) is 0.704. The van der Waals surface area contributed by atoms with Crippen molar-refractivity contribution in [2.45, 2.75) is 89.4 Å². The largest absolute Gasteiger partial charge is 0.372 e. The molecule has 2 N–H and O–H groups in total. The lowest BCUT2D eigenvalue weighted by atomic mass is 9.83. The van der Waals surface area contributed by atoms with Crippen LogP contribution in [0.25, 0.3) is 0 Å². The second-order valence-electron chi connectivity index (χ2n) is 6.65. The summed E-state index contributed by atoms with van der Waals surface area (Å²) in [7, 11) is 0. The molecule has 2 unspecified atom stereocenters. The molecule has 0 aromatic rings. The van der Waals surface area contributed by atoms with Gasteiger partial charge in [-0.2, -0.15) is 0 Å². The predicted octanol–water partition coefficient (Wildman–Crippen LogP) is 3.63. The van der Waals surface area contributed by atoms with Crippen molar-refractivity contribution in [3.05, 3.63) is 0 Å². The summed E-state index contributed by atoms with van der Waals surface area (Å²) in [5, 5.41) is 0. The summed E-state index contributed by atoms with van der Waals surface area (Å²) in [6, 6.07) is 0.332. The first-order valence-electron chi connectivity index (χ1n) is 7.53. The third-order valence-electron chi connectivity index (χ3n) is 4.44. The molecule has 100 valence electrons. The molecule has 17 heavy (non-hydrogen) atoms. The van der Waals surface area contributed by atoms with Gasteiger partial charge in [-0.3, -0.25) is 0 Å². The maximum Gasteiger partial charge on any atom is 0.0687 e. The van der Waals surface area contributed by atoms with E-state index in [1.165, 1.54) is 44.9 Å². The van der Waals surface area contributed by atoms with Crippen LogP contribution in [-0.2, 0) is 4.74 Å². The first-order valence-corrected chi connectivity index (χ1v) is 7.53. The number of hydrogen-bond acceptors (Lipinski definition) is 2. The second kappa shape index (κ2) is 5.71. The monoisotopic (exact) mass is 239 g/mol. The molecule has 0 aromatic carbocycles. The van der Waals surface area contributed by atoms with Gasteiger partial charge < -0.3 is 10.5 Å². The summed E-state index contributed by atoms with van der Waals surface area (Å²) < 4.78 is 6.36. The maximum atomic E-state index is 6.36. The van der Waals surface area contributed by atoms with Gasteiger partial charge in [-0.15, -0.1) is 0 Å². The molecule has 1 aliphatic carbocycles. The lowest BCUT2D eigenvalue weighted by molar-refractivity contribution is -0.0674. The molecule has 2 atom stereocenters. The molecule has 1 heterocycles. The van der Waals surface area contributed by atoms with Gasteiger partial charge in [0.2, 0.25) is 0 Å². The number of nitrogens with two attached hydrogens (primary N) is 1. The molecule has 1 aliphatic heterocycles. The maximum absolute atomic E-state index is 6.36. The zero-order valence-corrected chi connectivity index (χ0v) is 11.6. The van der Waals surface area contributed by atoms with Gasteiger partial charge in [0, 0.05) is 6.04 Å². The highest BCUT2D eigenvalue weighted by Gasteiger charge is 2.40. The normalized spacial score (nSPS) is 30.0. The Hall–Kier alpha value is -0.0800. The Morgan fingerprint density at radius 2 is 1.88 bits per heavy atom. The van der Waals surface area contributed by atoms with Crippen LogP contribution < -0.4 is 5.73 Å². The topological polar surface area (TPSA) is 35.2 Å². The van der Waals surface area contributed by atoms with Crippen LogP contribution in [0.2, 0.25) is 0 Å². The summed E-state index contributed by atoms with van der Waals surface area (Å²) in [4.78, 5) is 0. The molecule has 1 saturated heterocycles. The van der Waals surface area contributed by atoms with Crippen LogP contribution in [0, 0.1) is 5.92 Å². The van der Waals surface area contributed by atoms with Crippen LogP contribution in [0.3, 0.4) is 0 Å². The Morgan fingerprint density at radius 1 is 1.18 bits per heavy atom. The minimum Gasteiger partial charge on any atom is -0.372 e. The van der Waals surface area contributed by atoms with Gasteiger partial charge in [0.15, 0.2) is 0 Å². The molecule has 0 aromatic heterocycles. The van der Waals surface area contributed by atoms with Crippen LogP contribution in [0.5, 0.6) is 0 Å². The van der Waals surface area contributed by atoms with Gasteiger partial charge in [0.05, 0.1) is 11.7 Å². The van der Waals surface area contributed by atoms with E-state index in [0.717, 1.165) is 12.8 Å². The van der Waals surface area contributed by atoms with E-state index < -0.39 is 0 Å². The SMILES string of the molecule is CC(C)CC(N)CC1CCC2(CCCCC2)O1. The van der Waals surface area contributed by atoms with Gasteiger partial charge in [-0.25, -0.2) is 0 Å². The van der Waals surface area contributed by atoms with E-state index in [1.807, 2.05) is 0 Å². The fourth-order valence-electron chi connectivity index (χ4n) is 3.66. The fourth-order valence-corrected chi connectivity index (χ4v) is 3.66. The molecular weight excluding hydrogens is 210 g/mol. The van der Waals surface area contributed by atoms with Crippen molar-refractivity contribution in [3.8, 4) is 0 Å². The van der Waals surface area contributed by atoms with Gasteiger partial charge in [0.1, 0.15) is 0 Å². The minimum absolute atomic E-state index is 0.264. The van der Waals surface area contributed by atoms with E-state index in [0.29, 0.717) is 18.1 Å². The zero-order chi connectivity index (χ0) is 12.3. The molecular formula is C15H29NO. The Morgan fingerprint density at radius 3 is 2.53 bits per heavy atom. The molecule has 2 fully saturated rings. The van der Waals surface area contributed by atoms with E-state index in [2.05, 4.69) is 13.8 Å². The highest BCUT2D eigenvalue weighted by molar-refractivity contribution is 4.92. The van der Waals surface area contributed by atoms with Crippen molar-refractivity contribution in [1.82, 2.24) is 0 Å². The summed E-state index contributed by atoms with van der Waals surface area (Å²) in [6.45, 7) is 4.50. The summed E-state index contributed by atoms with van der Waals surface area (Å²) in [6.07, 6.45) is 11.9. The van der Waals surface area contributed by atoms with Crippen LogP contribution in [-0.4, -0.2) is 17.7 Å². The second-order valence-corrected chi connectivity index (χ2v) is 6.65. The molecule has 2 heteroatoms. The molecule has 1 saturated carbocycles. The van der Waals surface area contributed by atoms with E-state index in [9.17, 15) is 0 Å². The Kier molecular flexibility index (Phi) is 4.48. The van der Waals surface area contributed by atoms with Gasteiger partial charge in [-0.1, -0.05) is 33.1 Å². The first-order chi connectivity index (χ1) is 8.10. The van der Waals surface area contributed by atoms with E-state index >= 15 is 0 Å². The van der Waals surface area contributed by atoms with Gasteiger partial charge in [0.25, 0.3) is 0 Å². The van der Waals surface area contributed by atoms with E-state index in [1.54, 1.807) is 0 Å². The standard InChI is InChI=1S/C15H29NO/c1-12(2)10-13(16)11-14-6-9-15(17-14)7-4-3-5-8-15/h12-14H,3-11,16H2,1-2H3. The van der Waals surface area contributed by atoms with Gasteiger partial charge >= 0.3 is 0 Å². The highest BCUT2D eigenvalue weighted by atomic mass is 16.5. The lowest BCUT2D eigenvalue weighted by Crippen LogP contribution is -2.33. The molecule has 2 rings (SSSR count). The van der Waals surface area contributed by atoms with Crippen molar-refractivity contribution >= 4 is 0 Å². The zero-order valence-electron chi connectivity index (χ0n) is 11.6. The molecule has 0 bridgehead atoms. The minimum atomic E-state index is 0.264. The van der Waals surface area contributed by atoms with E-state index in [4.69, 9.17) is 10.5 Å². The smallest absolute Gasteiger partial charge is 0.0687 e. The molecule has 2 nitrogen and oxygen atoms in total. The molecule has 0 amide bonds. The van der Waals surface area contributed by atoms with Gasteiger partial charge in [-0.05, 0) is 44.4 Å². The lowest BCUT2D eigenvalue weighted by Gasteiger charge is -2.33. The third kappa shape index (κ3) is 3.69. The Bertz CT molecular complexity index is 233. The van der Waals surface area contributed by atoms with Crippen LogP contribution >= 0.6 is 0 Å². The average Bonchev–Trinajstić information content (AvgIpc) is 2.61. The van der Waals surface area contributed by atoms with Crippen molar-refractivity contribution < 1.29 is 4.74 Å². The van der Waals surface area contributed by atoms with Crippen LogP contribution in [0.4, 0.5) is 0 Å². The van der Waals surface area contributed by atoms with Crippen molar-refractivity contribution in [2.75, 3.05) is 0 Å². The fraction of sp³-hybridized carbons (Fsp3) is 1.00. The number of hydrogen-bond donors (Lipinski definition) is 1. The number of rotatable bonds is 4. The quantitative estimate of drug-likeness (QED) is 0.813. The first kappa shape index (κ1) is 13.4. The Labute approximate surface area is 106 Å². The van der Waals surface area contributed by atoms with Crippen molar-refractivity contribution in [3.63, 3.8) is 0 Å². The summed E-state index contributed by atoms with van der Waals surface area (Å²) in [5.41, 5.74) is 6.46. The van der Waals surface area contributed by atoms with Crippen molar-refractivity contribution in [2.24, 2.45) is 11.7 Å².